The van der Waals surface area contributed by atoms with Gasteiger partial charge >= 0.3 is 5.97 Å². The number of esters is 1. The smallest absolute Gasteiger partial charge is 0.375 e. The van der Waals surface area contributed by atoms with Gasteiger partial charge in [-0.1, -0.05) is 43.5 Å². The van der Waals surface area contributed by atoms with Crippen molar-refractivity contribution in [1.29, 1.82) is 0 Å². The zero-order valence-electron chi connectivity index (χ0n) is 15.5. The molecule has 1 aliphatic carbocycles. The highest BCUT2D eigenvalue weighted by molar-refractivity contribution is 5.94. The second-order valence-corrected chi connectivity index (χ2v) is 7.03. The molecule has 1 aliphatic rings. The minimum absolute atomic E-state index is 0.0589. The Morgan fingerprint density at radius 1 is 1.07 bits per heavy atom. The second-order valence-electron chi connectivity index (χ2n) is 7.03. The summed E-state index contributed by atoms with van der Waals surface area (Å²) < 4.78 is 10.7. The SMILES string of the molecule is O=C(O[C@@H](C(=O)NC1CCCCC1)c1cccc2cccnc12)c1ccco1. The van der Waals surface area contributed by atoms with Crippen LogP contribution in [0, 0.1) is 0 Å². The fourth-order valence-corrected chi connectivity index (χ4v) is 3.68. The maximum atomic E-state index is 13.1. The highest BCUT2D eigenvalue weighted by Crippen LogP contribution is 2.27. The van der Waals surface area contributed by atoms with E-state index in [1.165, 1.54) is 18.8 Å². The Bertz CT molecular complexity index is 956. The predicted molar refractivity (Wildman–Crippen MR) is 104 cm³/mol. The van der Waals surface area contributed by atoms with Gasteiger partial charge in [-0.05, 0) is 31.0 Å². The van der Waals surface area contributed by atoms with Crippen molar-refractivity contribution < 1.29 is 18.7 Å². The number of carbonyl (C=O) groups excluding carboxylic acids is 2. The Kier molecular flexibility index (Phi) is 5.37. The Morgan fingerprint density at radius 3 is 2.68 bits per heavy atom. The molecule has 144 valence electrons. The van der Waals surface area contributed by atoms with E-state index in [1.54, 1.807) is 18.3 Å². The summed E-state index contributed by atoms with van der Waals surface area (Å²) in [6, 6.07) is 12.5. The summed E-state index contributed by atoms with van der Waals surface area (Å²) in [5.74, 6) is -0.949. The summed E-state index contributed by atoms with van der Waals surface area (Å²) in [5, 5.41) is 3.94. The molecule has 0 bridgehead atoms. The van der Waals surface area contributed by atoms with Crippen LogP contribution in [-0.2, 0) is 9.53 Å². The van der Waals surface area contributed by atoms with Gasteiger partial charge in [0, 0.05) is 23.2 Å². The third-order valence-corrected chi connectivity index (χ3v) is 5.08. The topological polar surface area (TPSA) is 81.4 Å². The molecule has 0 spiro atoms. The summed E-state index contributed by atoms with van der Waals surface area (Å²) in [6.07, 6.45) is 7.23. The third-order valence-electron chi connectivity index (χ3n) is 5.08. The fourth-order valence-electron chi connectivity index (χ4n) is 3.68. The lowest BCUT2D eigenvalue weighted by Crippen LogP contribution is -2.40. The highest BCUT2D eigenvalue weighted by Gasteiger charge is 2.30. The van der Waals surface area contributed by atoms with Crippen molar-refractivity contribution in [3.63, 3.8) is 0 Å². The van der Waals surface area contributed by atoms with Crippen molar-refractivity contribution in [2.75, 3.05) is 0 Å². The maximum absolute atomic E-state index is 13.1. The lowest BCUT2D eigenvalue weighted by Gasteiger charge is -2.26. The average molecular weight is 378 g/mol. The number of rotatable bonds is 5. The highest BCUT2D eigenvalue weighted by atomic mass is 16.6. The number of carbonyl (C=O) groups is 2. The zero-order chi connectivity index (χ0) is 19.3. The molecule has 0 aliphatic heterocycles. The summed E-state index contributed by atoms with van der Waals surface area (Å²) >= 11 is 0. The molecule has 1 atom stereocenters. The van der Waals surface area contributed by atoms with Crippen molar-refractivity contribution in [3.05, 3.63) is 66.2 Å². The minimum atomic E-state index is -1.10. The Balaban J connectivity index is 1.65. The number of para-hydroxylation sites is 1. The standard InChI is InChI=1S/C22H22N2O4/c25-21(24-16-9-2-1-3-10-16)20(28-22(26)18-12-6-14-27-18)17-11-4-7-15-8-5-13-23-19(15)17/h4-8,11-14,16,20H,1-3,9-10H2,(H,24,25)/t20-/m1/s1. The van der Waals surface area contributed by atoms with Crippen LogP contribution in [0.4, 0.5) is 0 Å². The molecule has 4 rings (SSSR count). The van der Waals surface area contributed by atoms with E-state index in [0.29, 0.717) is 11.1 Å². The van der Waals surface area contributed by atoms with E-state index in [1.807, 2.05) is 24.3 Å². The number of ether oxygens (including phenoxy) is 1. The lowest BCUT2D eigenvalue weighted by molar-refractivity contribution is -0.131. The van der Waals surface area contributed by atoms with E-state index < -0.39 is 12.1 Å². The molecule has 28 heavy (non-hydrogen) atoms. The van der Waals surface area contributed by atoms with E-state index in [9.17, 15) is 9.59 Å². The first-order valence-electron chi connectivity index (χ1n) is 9.61. The molecule has 2 aromatic heterocycles. The average Bonchev–Trinajstić information content (AvgIpc) is 3.27. The molecule has 6 heteroatoms. The number of nitrogens with one attached hydrogen (secondary N) is 1. The Labute approximate surface area is 162 Å². The van der Waals surface area contributed by atoms with Gasteiger partial charge in [-0.25, -0.2) is 4.79 Å². The normalized spacial score (nSPS) is 15.9. The largest absolute Gasteiger partial charge is 0.457 e. The van der Waals surface area contributed by atoms with E-state index in [2.05, 4.69) is 10.3 Å². The fraction of sp³-hybridized carbons (Fsp3) is 0.318. The number of nitrogens with zero attached hydrogens (tertiary/aromatic N) is 1. The minimum Gasteiger partial charge on any atom is -0.457 e. The van der Waals surface area contributed by atoms with Crippen LogP contribution in [0.1, 0.15) is 54.3 Å². The molecule has 0 radical (unpaired) electrons. The number of aromatic nitrogens is 1. The molecule has 3 aromatic rings. The molecule has 6 nitrogen and oxygen atoms in total. The molecular weight excluding hydrogens is 356 g/mol. The number of amides is 1. The second kappa shape index (κ2) is 8.25. The number of fused-ring (bicyclic) bond motifs is 1. The van der Waals surface area contributed by atoms with Crippen LogP contribution in [0.2, 0.25) is 0 Å². The van der Waals surface area contributed by atoms with Crippen molar-refractivity contribution in [1.82, 2.24) is 10.3 Å². The van der Waals surface area contributed by atoms with Gasteiger partial charge in [0.15, 0.2) is 0 Å². The molecule has 0 saturated heterocycles. The Morgan fingerprint density at radius 2 is 1.89 bits per heavy atom. The van der Waals surface area contributed by atoms with Crippen molar-refractivity contribution in [3.8, 4) is 0 Å². The molecule has 1 saturated carbocycles. The van der Waals surface area contributed by atoms with Gasteiger partial charge in [-0.2, -0.15) is 0 Å². The van der Waals surface area contributed by atoms with Crippen LogP contribution in [0.25, 0.3) is 10.9 Å². The van der Waals surface area contributed by atoms with Crippen molar-refractivity contribution in [2.24, 2.45) is 0 Å². The summed E-state index contributed by atoms with van der Waals surface area (Å²) in [4.78, 5) is 30.0. The van der Waals surface area contributed by atoms with E-state index in [-0.39, 0.29) is 17.7 Å². The van der Waals surface area contributed by atoms with E-state index >= 15 is 0 Å². The van der Waals surface area contributed by atoms with Gasteiger partial charge in [-0.3, -0.25) is 9.78 Å². The van der Waals surface area contributed by atoms with Crippen molar-refractivity contribution >= 4 is 22.8 Å². The van der Waals surface area contributed by atoms with Gasteiger partial charge in [0.1, 0.15) is 0 Å². The van der Waals surface area contributed by atoms with Crippen LogP contribution in [-0.4, -0.2) is 22.9 Å². The van der Waals surface area contributed by atoms with Crippen LogP contribution in [0.5, 0.6) is 0 Å². The third kappa shape index (κ3) is 3.91. The number of benzene rings is 1. The molecule has 1 aromatic carbocycles. The summed E-state index contributed by atoms with van der Waals surface area (Å²) in [5.41, 5.74) is 1.20. The molecule has 0 unspecified atom stereocenters. The van der Waals surface area contributed by atoms with Crippen LogP contribution < -0.4 is 5.32 Å². The van der Waals surface area contributed by atoms with E-state index in [0.717, 1.165) is 31.1 Å². The summed E-state index contributed by atoms with van der Waals surface area (Å²) in [7, 11) is 0. The molecule has 1 fully saturated rings. The zero-order valence-corrected chi connectivity index (χ0v) is 15.5. The number of pyridine rings is 1. The lowest BCUT2D eigenvalue weighted by atomic mass is 9.95. The van der Waals surface area contributed by atoms with Crippen LogP contribution >= 0.6 is 0 Å². The van der Waals surface area contributed by atoms with Crippen LogP contribution in [0.3, 0.4) is 0 Å². The number of furan rings is 1. The molecule has 1 amide bonds. The first kappa shape index (κ1) is 18.2. The maximum Gasteiger partial charge on any atom is 0.375 e. The van der Waals surface area contributed by atoms with E-state index in [4.69, 9.17) is 9.15 Å². The number of hydrogen-bond donors (Lipinski definition) is 1. The van der Waals surface area contributed by atoms with Crippen LogP contribution in [0.15, 0.2) is 59.3 Å². The van der Waals surface area contributed by atoms with Crippen molar-refractivity contribution in [2.45, 2.75) is 44.2 Å². The molecule has 2 heterocycles. The van der Waals surface area contributed by atoms with Gasteiger partial charge in [0.05, 0.1) is 11.8 Å². The van der Waals surface area contributed by atoms with Gasteiger partial charge < -0.3 is 14.5 Å². The van der Waals surface area contributed by atoms with Gasteiger partial charge in [-0.15, -0.1) is 0 Å². The summed E-state index contributed by atoms with van der Waals surface area (Å²) in [6.45, 7) is 0. The Hall–Kier alpha value is -3.15. The molecular formula is C22H22N2O4. The predicted octanol–water partition coefficient (Wildman–Crippen LogP) is 4.17. The first-order chi connectivity index (χ1) is 13.7. The monoisotopic (exact) mass is 378 g/mol. The first-order valence-corrected chi connectivity index (χ1v) is 9.61. The van der Waals surface area contributed by atoms with Gasteiger partial charge in [0.2, 0.25) is 11.9 Å². The number of hydrogen-bond acceptors (Lipinski definition) is 5. The van der Waals surface area contributed by atoms with Gasteiger partial charge in [0.25, 0.3) is 5.91 Å². The molecule has 1 N–H and O–H groups in total. The quantitative estimate of drug-likeness (QED) is 0.674.